The second-order valence-electron chi connectivity index (χ2n) is 6.67. The maximum absolute atomic E-state index is 12.3. The fourth-order valence-electron chi connectivity index (χ4n) is 2.77. The molecule has 0 aliphatic heterocycles. The highest BCUT2D eigenvalue weighted by molar-refractivity contribution is 6.32. The van der Waals surface area contributed by atoms with E-state index in [0.717, 1.165) is 5.56 Å². The van der Waals surface area contributed by atoms with Crippen molar-refractivity contribution in [2.24, 2.45) is 4.99 Å². The molecule has 0 saturated carbocycles. The number of aliphatic imine (C=N–C) groups is 1. The lowest BCUT2D eigenvalue weighted by molar-refractivity contribution is -0.129. The molecule has 0 heterocycles. The van der Waals surface area contributed by atoms with E-state index in [2.05, 4.69) is 4.99 Å². The van der Waals surface area contributed by atoms with Gasteiger partial charge in [0, 0.05) is 12.3 Å². The van der Waals surface area contributed by atoms with Crippen molar-refractivity contribution in [2.75, 3.05) is 14.2 Å². The van der Waals surface area contributed by atoms with E-state index in [1.165, 1.54) is 25.3 Å². The van der Waals surface area contributed by atoms with E-state index in [1.807, 2.05) is 0 Å². The number of halogens is 1. The van der Waals surface area contributed by atoms with E-state index in [0.29, 0.717) is 17.0 Å². The second-order valence-corrected chi connectivity index (χ2v) is 7.08. The van der Waals surface area contributed by atoms with E-state index in [1.54, 1.807) is 67.9 Å². The number of methoxy groups -OCH3 is 2. The van der Waals surface area contributed by atoms with Gasteiger partial charge in [0.15, 0.2) is 11.5 Å². The van der Waals surface area contributed by atoms with Gasteiger partial charge in [-0.3, -0.25) is 4.99 Å². The molecular formula is C25H20ClNO6. The number of esters is 1. The Labute approximate surface area is 195 Å². The predicted molar refractivity (Wildman–Crippen MR) is 126 cm³/mol. The van der Waals surface area contributed by atoms with Gasteiger partial charge in [0.05, 0.1) is 30.5 Å². The first-order chi connectivity index (χ1) is 15.9. The van der Waals surface area contributed by atoms with Crippen LogP contribution in [-0.2, 0) is 4.79 Å². The van der Waals surface area contributed by atoms with Gasteiger partial charge in [-0.1, -0.05) is 23.7 Å². The average molecular weight is 466 g/mol. The van der Waals surface area contributed by atoms with Crippen LogP contribution in [0.2, 0.25) is 5.02 Å². The summed E-state index contributed by atoms with van der Waals surface area (Å²) in [6, 6.07) is 16.5. The van der Waals surface area contributed by atoms with Gasteiger partial charge in [-0.15, -0.1) is 0 Å². The molecule has 0 unspecified atom stereocenters. The number of rotatable bonds is 8. The van der Waals surface area contributed by atoms with Crippen molar-refractivity contribution in [1.29, 1.82) is 0 Å². The van der Waals surface area contributed by atoms with Crippen molar-refractivity contribution >= 4 is 41.5 Å². The first kappa shape index (κ1) is 23.6. The Balaban J connectivity index is 1.73. The normalized spacial score (nSPS) is 11.0. The Morgan fingerprint density at radius 3 is 2.24 bits per heavy atom. The molecule has 0 aromatic heterocycles. The summed E-state index contributed by atoms with van der Waals surface area (Å²) < 4.78 is 15.8. The summed E-state index contributed by atoms with van der Waals surface area (Å²) in [5.41, 5.74) is 2.14. The van der Waals surface area contributed by atoms with Crippen LogP contribution in [0.3, 0.4) is 0 Å². The van der Waals surface area contributed by atoms with E-state index in [9.17, 15) is 9.59 Å². The molecule has 33 heavy (non-hydrogen) atoms. The zero-order chi connectivity index (χ0) is 23.8. The summed E-state index contributed by atoms with van der Waals surface area (Å²) in [5.74, 6) is -0.563. The molecule has 0 amide bonds. The Kier molecular flexibility index (Phi) is 7.83. The standard InChI is InChI=1S/C25H20ClNO6/c1-31-20-10-3-16(4-11-20)5-12-23(28)33-24-21(26)13-17(14-22(24)32-2)15-27-19-8-6-18(7-9-19)25(29)30/h3-15H,1-2H3,(H,29,30)/b12-5+,27-15+. The van der Waals surface area contributed by atoms with Crippen LogP contribution in [0.1, 0.15) is 21.5 Å². The van der Waals surface area contributed by atoms with Gasteiger partial charge in [0.1, 0.15) is 5.75 Å². The van der Waals surface area contributed by atoms with Crippen LogP contribution < -0.4 is 14.2 Å². The molecule has 0 aliphatic carbocycles. The third kappa shape index (κ3) is 6.44. The lowest BCUT2D eigenvalue weighted by Crippen LogP contribution is -2.06. The van der Waals surface area contributed by atoms with Gasteiger partial charge in [-0.2, -0.15) is 0 Å². The van der Waals surface area contributed by atoms with Crippen LogP contribution in [0.25, 0.3) is 6.08 Å². The molecule has 168 valence electrons. The van der Waals surface area contributed by atoms with Gasteiger partial charge >= 0.3 is 11.9 Å². The van der Waals surface area contributed by atoms with Crippen molar-refractivity contribution in [3.8, 4) is 17.2 Å². The van der Waals surface area contributed by atoms with Gasteiger partial charge in [0.2, 0.25) is 0 Å². The van der Waals surface area contributed by atoms with Gasteiger partial charge in [-0.05, 0) is 65.7 Å². The summed E-state index contributed by atoms with van der Waals surface area (Å²) >= 11 is 6.32. The SMILES string of the molecule is COc1ccc(/C=C/C(=O)Oc2c(Cl)cc(/C=N/c3ccc(C(=O)O)cc3)cc2OC)cc1. The monoisotopic (exact) mass is 465 g/mol. The molecule has 8 heteroatoms. The lowest BCUT2D eigenvalue weighted by atomic mass is 10.2. The maximum atomic E-state index is 12.3. The molecular weight excluding hydrogens is 446 g/mol. The first-order valence-corrected chi connectivity index (χ1v) is 10.1. The zero-order valence-electron chi connectivity index (χ0n) is 17.8. The first-order valence-electron chi connectivity index (χ1n) is 9.68. The molecule has 7 nitrogen and oxygen atoms in total. The number of aromatic carboxylic acids is 1. The van der Waals surface area contributed by atoms with Gasteiger partial charge in [0.25, 0.3) is 0 Å². The largest absolute Gasteiger partial charge is 0.497 e. The Bertz CT molecular complexity index is 1200. The molecule has 0 saturated heterocycles. The number of carboxylic acid groups (broad SMARTS) is 1. The molecule has 1 N–H and O–H groups in total. The van der Waals surface area contributed by atoms with Gasteiger partial charge in [-0.25, -0.2) is 9.59 Å². The topological polar surface area (TPSA) is 94.4 Å². The number of carbonyl (C=O) groups excluding carboxylic acids is 1. The fraction of sp³-hybridized carbons (Fsp3) is 0.0800. The molecule has 0 aliphatic rings. The zero-order valence-corrected chi connectivity index (χ0v) is 18.6. The Hall–Kier alpha value is -4.10. The molecule has 0 bridgehead atoms. The number of hydrogen-bond acceptors (Lipinski definition) is 6. The number of nitrogens with zero attached hydrogens (tertiary/aromatic N) is 1. The molecule has 3 aromatic rings. The van der Waals surface area contributed by atoms with E-state index in [-0.39, 0.29) is 22.1 Å². The maximum Gasteiger partial charge on any atom is 0.336 e. The predicted octanol–water partition coefficient (Wildman–Crippen LogP) is 5.42. The molecule has 0 fully saturated rings. The van der Waals surface area contributed by atoms with E-state index >= 15 is 0 Å². The van der Waals surface area contributed by atoms with Crippen LogP contribution >= 0.6 is 11.6 Å². The van der Waals surface area contributed by atoms with Crippen LogP contribution in [0, 0.1) is 0 Å². The summed E-state index contributed by atoms with van der Waals surface area (Å²) in [7, 11) is 3.01. The van der Waals surface area contributed by atoms with E-state index < -0.39 is 11.9 Å². The molecule has 0 spiro atoms. The summed E-state index contributed by atoms with van der Waals surface area (Å²) in [4.78, 5) is 27.5. The van der Waals surface area contributed by atoms with Crippen molar-refractivity contribution in [3.63, 3.8) is 0 Å². The van der Waals surface area contributed by atoms with Crippen LogP contribution in [-0.4, -0.2) is 37.5 Å². The quantitative estimate of drug-likeness (QED) is 0.206. The van der Waals surface area contributed by atoms with Crippen molar-refractivity contribution in [3.05, 3.63) is 88.5 Å². The third-order valence-electron chi connectivity index (χ3n) is 4.46. The minimum Gasteiger partial charge on any atom is -0.497 e. The third-order valence-corrected chi connectivity index (χ3v) is 4.74. The number of carboxylic acids is 1. The molecule has 3 rings (SSSR count). The highest BCUT2D eigenvalue weighted by Gasteiger charge is 2.14. The van der Waals surface area contributed by atoms with Crippen LogP contribution in [0.4, 0.5) is 5.69 Å². The smallest absolute Gasteiger partial charge is 0.336 e. The minimum absolute atomic E-state index is 0.0894. The summed E-state index contributed by atoms with van der Waals surface area (Å²) in [6.45, 7) is 0. The average Bonchev–Trinajstić information content (AvgIpc) is 2.83. The molecule has 3 aromatic carbocycles. The number of benzene rings is 3. The summed E-state index contributed by atoms with van der Waals surface area (Å²) in [6.07, 6.45) is 4.44. The van der Waals surface area contributed by atoms with Crippen molar-refractivity contribution < 1.29 is 28.9 Å². The second kappa shape index (κ2) is 11.0. The lowest BCUT2D eigenvalue weighted by Gasteiger charge is -2.11. The van der Waals surface area contributed by atoms with E-state index in [4.69, 9.17) is 30.9 Å². The van der Waals surface area contributed by atoms with Crippen molar-refractivity contribution in [2.45, 2.75) is 0 Å². The highest BCUT2D eigenvalue weighted by Crippen LogP contribution is 2.36. The van der Waals surface area contributed by atoms with Gasteiger partial charge < -0.3 is 19.3 Å². The highest BCUT2D eigenvalue weighted by atomic mass is 35.5. The Morgan fingerprint density at radius 2 is 1.64 bits per heavy atom. The molecule has 0 radical (unpaired) electrons. The summed E-state index contributed by atoms with van der Waals surface area (Å²) in [5, 5.41) is 9.13. The van der Waals surface area contributed by atoms with Crippen LogP contribution in [0.15, 0.2) is 71.7 Å². The fourth-order valence-corrected chi connectivity index (χ4v) is 3.02. The van der Waals surface area contributed by atoms with Crippen LogP contribution in [0.5, 0.6) is 17.2 Å². The van der Waals surface area contributed by atoms with Crippen molar-refractivity contribution in [1.82, 2.24) is 0 Å². The minimum atomic E-state index is -1.01. The number of hydrogen-bond donors (Lipinski definition) is 1. The number of carbonyl (C=O) groups is 2. The molecule has 0 atom stereocenters. The number of ether oxygens (including phenoxy) is 3. The Morgan fingerprint density at radius 1 is 0.939 bits per heavy atom.